The highest BCUT2D eigenvalue weighted by Crippen LogP contribution is 2.26. The van der Waals surface area contributed by atoms with Crippen LogP contribution in [0.5, 0.6) is 5.88 Å². The summed E-state index contributed by atoms with van der Waals surface area (Å²) in [6, 6.07) is 3.18. The molecule has 1 aromatic heterocycles. The summed E-state index contributed by atoms with van der Waals surface area (Å²) in [5.74, 6) is -2.81. The summed E-state index contributed by atoms with van der Waals surface area (Å²) in [7, 11) is -5.87. The lowest BCUT2D eigenvalue weighted by Crippen LogP contribution is -2.28. The molecule has 0 fully saturated rings. The summed E-state index contributed by atoms with van der Waals surface area (Å²) in [5, 5.41) is 3.32. The van der Waals surface area contributed by atoms with Crippen LogP contribution in [0.15, 0.2) is 30.5 Å². The van der Waals surface area contributed by atoms with Crippen molar-refractivity contribution in [1.82, 2.24) is 9.78 Å². The van der Waals surface area contributed by atoms with Crippen LogP contribution >= 0.6 is 0 Å². The molecule has 0 unspecified atom stereocenters. The average molecular weight is 328 g/mol. The molecule has 1 aromatic carbocycles. The van der Waals surface area contributed by atoms with Gasteiger partial charge < -0.3 is 4.18 Å². The largest absolute Gasteiger partial charge is 0.534 e. The lowest BCUT2D eigenvalue weighted by molar-refractivity contribution is -0.0501. The van der Waals surface area contributed by atoms with Gasteiger partial charge in [-0.2, -0.15) is 21.6 Å². The van der Waals surface area contributed by atoms with Crippen LogP contribution in [-0.4, -0.2) is 23.7 Å². The van der Waals surface area contributed by atoms with E-state index < -0.39 is 33.1 Å². The maximum Gasteiger partial charge on any atom is 0.534 e. The second kappa shape index (κ2) is 4.98. The minimum atomic E-state index is -5.87. The van der Waals surface area contributed by atoms with Crippen LogP contribution in [0.25, 0.3) is 5.69 Å². The minimum absolute atomic E-state index is 0.296. The first kappa shape index (κ1) is 15.2. The highest BCUT2D eigenvalue weighted by molar-refractivity contribution is 7.87. The first-order valence-electron chi connectivity index (χ1n) is 5.12. The van der Waals surface area contributed by atoms with Crippen LogP contribution in [0.2, 0.25) is 0 Å². The van der Waals surface area contributed by atoms with Crippen molar-refractivity contribution in [1.29, 1.82) is 0 Å². The summed E-state index contributed by atoms with van der Waals surface area (Å²) in [6.45, 7) is 0. The van der Waals surface area contributed by atoms with Crippen LogP contribution in [0.4, 0.5) is 22.0 Å². The van der Waals surface area contributed by atoms with Gasteiger partial charge in [-0.1, -0.05) is 0 Å². The summed E-state index contributed by atoms with van der Waals surface area (Å²) >= 11 is 0. The molecule has 11 heteroatoms. The van der Waals surface area contributed by atoms with E-state index in [4.69, 9.17) is 0 Å². The number of nitrogens with zero attached hydrogens (tertiary/aromatic N) is 2. The third-order valence-electron chi connectivity index (χ3n) is 2.20. The Morgan fingerprint density at radius 3 is 2.38 bits per heavy atom. The maximum atomic E-state index is 13.4. The van der Waals surface area contributed by atoms with Crippen LogP contribution in [0.3, 0.4) is 0 Å². The number of rotatable bonds is 3. The number of benzene rings is 1. The van der Waals surface area contributed by atoms with Gasteiger partial charge in [-0.25, -0.2) is 13.5 Å². The molecule has 21 heavy (non-hydrogen) atoms. The Morgan fingerprint density at radius 1 is 1.14 bits per heavy atom. The normalized spacial score (nSPS) is 12.4. The van der Waals surface area contributed by atoms with Gasteiger partial charge in [-0.3, -0.25) is 0 Å². The van der Waals surface area contributed by atoms with Crippen LogP contribution in [-0.2, 0) is 10.1 Å². The van der Waals surface area contributed by atoms with E-state index >= 15 is 0 Å². The van der Waals surface area contributed by atoms with Crippen LogP contribution in [0.1, 0.15) is 0 Å². The van der Waals surface area contributed by atoms with Crippen molar-refractivity contribution >= 4 is 10.1 Å². The lowest BCUT2D eigenvalue weighted by Gasteiger charge is -2.07. The molecule has 0 saturated heterocycles. The second-order valence-corrected chi connectivity index (χ2v) is 5.22. The molecule has 5 nitrogen and oxygen atoms in total. The molecule has 0 N–H and O–H groups in total. The quantitative estimate of drug-likeness (QED) is 0.493. The van der Waals surface area contributed by atoms with E-state index in [-0.39, 0.29) is 5.69 Å². The molecular formula is C10H5F5N2O3S. The topological polar surface area (TPSA) is 61.2 Å². The van der Waals surface area contributed by atoms with Gasteiger partial charge in [0.1, 0.15) is 11.5 Å². The van der Waals surface area contributed by atoms with Gasteiger partial charge in [0.2, 0.25) is 0 Å². The number of hydrogen-bond donors (Lipinski definition) is 0. The van der Waals surface area contributed by atoms with Crippen LogP contribution < -0.4 is 4.18 Å². The fraction of sp³-hybridized carbons (Fsp3) is 0.100. The molecule has 0 amide bonds. The van der Waals surface area contributed by atoms with Gasteiger partial charge in [-0.05, 0) is 12.1 Å². The predicted octanol–water partition coefficient (Wildman–Crippen LogP) is 2.38. The van der Waals surface area contributed by atoms with E-state index in [1.807, 2.05) is 0 Å². The van der Waals surface area contributed by atoms with Gasteiger partial charge >= 0.3 is 15.6 Å². The Bertz CT molecular complexity index is 769. The van der Waals surface area contributed by atoms with Crippen LogP contribution in [0, 0.1) is 11.6 Å². The molecule has 114 valence electrons. The Labute approximate surface area is 114 Å². The van der Waals surface area contributed by atoms with E-state index in [9.17, 15) is 30.4 Å². The fourth-order valence-corrected chi connectivity index (χ4v) is 1.72. The second-order valence-electron chi connectivity index (χ2n) is 3.68. The number of aromatic nitrogens is 2. The molecule has 0 aliphatic carbocycles. The molecule has 2 rings (SSSR count). The Kier molecular flexibility index (Phi) is 3.61. The predicted molar refractivity (Wildman–Crippen MR) is 59.1 cm³/mol. The highest BCUT2D eigenvalue weighted by Gasteiger charge is 2.49. The highest BCUT2D eigenvalue weighted by atomic mass is 32.2. The number of halogens is 5. The van der Waals surface area contributed by atoms with Gasteiger partial charge in [0.15, 0.2) is 5.82 Å². The standard InChI is InChI=1S/C10H5F5N2O3S/c11-6-1-2-8(7(12)5-6)17-4-3-9(16-17)20-21(18,19)10(13,14)15/h1-5H. The Morgan fingerprint density at radius 2 is 1.81 bits per heavy atom. The third kappa shape index (κ3) is 3.12. The van der Waals surface area contributed by atoms with E-state index in [2.05, 4.69) is 9.28 Å². The molecule has 1 heterocycles. The zero-order chi connectivity index (χ0) is 15.8. The van der Waals surface area contributed by atoms with E-state index in [1.165, 1.54) is 0 Å². The summed E-state index contributed by atoms with van der Waals surface area (Å²) < 4.78 is 88.5. The maximum absolute atomic E-state index is 13.4. The van der Waals surface area contributed by atoms with Crippen molar-refractivity contribution in [3.8, 4) is 11.6 Å². The average Bonchev–Trinajstić information content (AvgIpc) is 2.74. The van der Waals surface area contributed by atoms with Crippen molar-refractivity contribution < 1.29 is 34.6 Å². The summed E-state index contributed by atoms with van der Waals surface area (Å²) in [4.78, 5) is 0. The third-order valence-corrected chi connectivity index (χ3v) is 3.16. The smallest absolute Gasteiger partial charge is 0.354 e. The fourth-order valence-electron chi connectivity index (χ4n) is 1.31. The van der Waals surface area contributed by atoms with Crippen molar-refractivity contribution in [3.63, 3.8) is 0 Å². The zero-order valence-corrected chi connectivity index (χ0v) is 10.6. The zero-order valence-electron chi connectivity index (χ0n) is 9.80. The van der Waals surface area contributed by atoms with Crippen molar-refractivity contribution in [2.75, 3.05) is 0 Å². The molecule has 0 bridgehead atoms. The van der Waals surface area contributed by atoms with Gasteiger partial charge in [-0.15, -0.1) is 5.10 Å². The number of hydrogen-bond acceptors (Lipinski definition) is 4. The minimum Gasteiger partial charge on any atom is -0.354 e. The van der Waals surface area contributed by atoms with Gasteiger partial charge in [0.05, 0.1) is 0 Å². The summed E-state index contributed by atoms with van der Waals surface area (Å²) in [5.41, 5.74) is -5.91. The van der Waals surface area contributed by atoms with Crippen molar-refractivity contribution in [2.24, 2.45) is 0 Å². The van der Waals surface area contributed by atoms with Crippen molar-refractivity contribution in [3.05, 3.63) is 42.1 Å². The van der Waals surface area contributed by atoms with Gasteiger partial charge in [0.25, 0.3) is 5.88 Å². The molecule has 0 aliphatic heterocycles. The molecule has 0 saturated carbocycles. The van der Waals surface area contributed by atoms with E-state index in [0.717, 1.165) is 24.4 Å². The molecule has 2 aromatic rings. The first-order chi connectivity index (χ1) is 9.60. The Hall–Kier alpha value is -2.17. The van der Waals surface area contributed by atoms with Gasteiger partial charge in [0, 0.05) is 18.3 Å². The molecule has 0 radical (unpaired) electrons. The lowest BCUT2D eigenvalue weighted by atomic mass is 10.3. The van der Waals surface area contributed by atoms with E-state index in [0.29, 0.717) is 10.7 Å². The molecule has 0 aliphatic rings. The van der Waals surface area contributed by atoms with Crippen molar-refractivity contribution in [2.45, 2.75) is 5.51 Å². The van der Waals surface area contributed by atoms with E-state index in [1.54, 1.807) is 0 Å². The first-order valence-corrected chi connectivity index (χ1v) is 6.53. The molecule has 0 atom stereocenters. The number of alkyl halides is 3. The summed E-state index contributed by atoms with van der Waals surface area (Å²) in [6.07, 6.45) is 0.956. The SMILES string of the molecule is O=S(=O)(Oc1ccn(-c2ccc(F)cc2F)n1)C(F)(F)F. The molecule has 0 spiro atoms. The molecular weight excluding hydrogens is 323 g/mol. The Balaban J connectivity index is 2.31. The monoisotopic (exact) mass is 328 g/mol.